The second-order valence-corrected chi connectivity index (χ2v) is 2.98. The Morgan fingerprint density at radius 3 is 1.81 bits per heavy atom. The van der Waals surface area contributed by atoms with E-state index in [0.717, 1.165) is 11.5 Å². The second kappa shape index (κ2) is 7.96. The van der Waals surface area contributed by atoms with Crippen LogP contribution in [0.3, 0.4) is 0 Å². The van der Waals surface area contributed by atoms with Gasteiger partial charge in [-0.1, -0.05) is 6.07 Å². The molecule has 0 saturated heterocycles. The van der Waals surface area contributed by atoms with Crippen LogP contribution in [0, 0.1) is 0 Å². The summed E-state index contributed by atoms with van der Waals surface area (Å²) in [5.74, 6) is 1.45. The smallest absolute Gasteiger partial charge is 0.189 e. The maximum atomic E-state index is 5.35. The largest absolute Gasteiger partial charge is 0.467 e. The average molecular weight is 226 g/mol. The molecule has 16 heavy (non-hydrogen) atoms. The van der Waals surface area contributed by atoms with Gasteiger partial charge in [0.1, 0.15) is 11.5 Å². The van der Waals surface area contributed by atoms with Crippen molar-refractivity contribution in [2.24, 2.45) is 0 Å². The van der Waals surface area contributed by atoms with E-state index in [-0.39, 0.29) is 13.6 Å². The first-order valence-corrected chi connectivity index (χ1v) is 5.38. The van der Waals surface area contributed by atoms with Gasteiger partial charge in [0.25, 0.3) is 0 Å². The highest BCUT2D eigenvalue weighted by Crippen LogP contribution is 2.19. The van der Waals surface area contributed by atoms with Gasteiger partial charge in [-0.05, 0) is 26.0 Å². The fraction of sp³-hybridized carbons (Fsp3) is 0.500. The number of hydrogen-bond acceptors (Lipinski definition) is 4. The molecule has 0 aliphatic heterocycles. The average Bonchev–Trinajstić information content (AvgIpc) is 2.30. The summed E-state index contributed by atoms with van der Waals surface area (Å²) in [6.07, 6.45) is 0. The van der Waals surface area contributed by atoms with Gasteiger partial charge in [0.15, 0.2) is 13.6 Å². The fourth-order valence-corrected chi connectivity index (χ4v) is 1.04. The lowest BCUT2D eigenvalue weighted by atomic mass is 10.3. The van der Waals surface area contributed by atoms with Crippen LogP contribution in [0.25, 0.3) is 0 Å². The molecule has 4 nitrogen and oxygen atoms in total. The zero-order valence-electron chi connectivity index (χ0n) is 9.77. The third-order valence-corrected chi connectivity index (χ3v) is 1.83. The normalized spacial score (nSPS) is 10.1. The summed E-state index contributed by atoms with van der Waals surface area (Å²) in [6.45, 7) is 5.63. The highest BCUT2D eigenvalue weighted by Gasteiger charge is 1.97. The predicted molar refractivity (Wildman–Crippen MR) is 60.7 cm³/mol. The molecule has 0 aromatic heterocycles. The Hall–Kier alpha value is -1.26. The summed E-state index contributed by atoms with van der Waals surface area (Å²) >= 11 is 0. The van der Waals surface area contributed by atoms with Crippen molar-refractivity contribution in [3.63, 3.8) is 0 Å². The topological polar surface area (TPSA) is 36.9 Å². The quantitative estimate of drug-likeness (QED) is 0.504. The zero-order valence-corrected chi connectivity index (χ0v) is 9.77. The second-order valence-electron chi connectivity index (χ2n) is 2.98. The monoisotopic (exact) mass is 226 g/mol. The van der Waals surface area contributed by atoms with E-state index < -0.39 is 0 Å². The minimum atomic E-state index is 0.255. The summed E-state index contributed by atoms with van der Waals surface area (Å²) in [6, 6.07) is 7.37. The van der Waals surface area contributed by atoms with Crippen LogP contribution in [0.15, 0.2) is 24.3 Å². The van der Waals surface area contributed by atoms with Gasteiger partial charge in [-0.3, -0.25) is 0 Å². The summed E-state index contributed by atoms with van der Waals surface area (Å²) in [7, 11) is 0. The van der Waals surface area contributed by atoms with E-state index in [1.807, 2.05) is 32.0 Å². The molecule has 1 aromatic carbocycles. The molecule has 0 fully saturated rings. The van der Waals surface area contributed by atoms with Crippen molar-refractivity contribution in [3.05, 3.63) is 24.3 Å². The lowest BCUT2D eigenvalue weighted by Gasteiger charge is -2.09. The highest BCUT2D eigenvalue weighted by atomic mass is 16.7. The van der Waals surface area contributed by atoms with Crippen LogP contribution in [0.1, 0.15) is 13.8 Å². The molecule has 0 radical (unpaired) electrons. The predicted octanol–water partition coefficient (Wildman–Crippen LogP) is 2.43. The molecular formula is C12H18O4. The first-order chi connectivity index (χ1) is 7.86. The maximum Gasteiger partial charge on any atom is 0.189 e. The molecule has 0 aliphatic rings. The Kier molecular flexibility index (Phi) is 6.37. The molecule has 4 heteroatoms. The van der Waals surface area contributed by atoms with E-state index in [1.165, 1.54) is 0 Å². The maximum absolute atomic E-state index is 5.35. The first kappa shape index (κ1) is 12.8. The van der Waals surface area contributed by atoms with Crippen molar-refractivity contribution >= 4 is 0 Å². The van der Waals surface area contributed by atoms with Gasteiger partial charge in [-0.15, -0.1) is 0 Å². The molecule has 0 N–H and O–H groups in total. The standard InChI is InChI=1S/C12H18O4/c1-3-13-9-15-11-6-5-7-12(8-11)16-10-14-4-2/h5-8H,3-4,9-10H2,1-2H3. The SMILES string of the molecule is CCOCOc1cccc(OCOCC)c1. The number of rotatable bonds is 8. The molecule has 0 spiro atoms. The van der Waals surface area contributed by atoms with Crippen LogP contribution in [0.4, 0.5) is 0 Å². The molecule has 0 atom stereocenters. The third kappa shape index (κ3) is 5.00. The molecule has 1 aromatic rings. The van der Waals surface area contributed by atoms with Gasteiger partial charge in [0.05, 0.1) is 0 Å². The van der Waals surface area contributed by atoms with Crippen LogP contribution < -0.4 is 9.47 Å². The van der Waals surface area contributed by atoms with Crippen LogP contribution in [0.5, 0.6) is 11.5 Å². The van der Waals surface area contributed by atoms with Crippen LogP contribution in [-0.4, -0.2) is 26.8 Å². The lowest BCUT2D eigenvalue weighted by Crippen LogP contribution is -2.04. The molecular weight excluding hydrogens is 208 g/mol. The fourth-order valence-electron chi connectivity index (χ4n) is 1.04. The van der Waals surface area contributed by atoms with E-state index in [1.54, 1.807) is 6.07 Å². The van der Waals surface area contributed by atoms with Crippen molar-refractivity contribution in [2.45, 2.75) is 13.8 Å². The summed E-state index contributed by atoms with van der Waals surface area (Å²) < 4.78 is 20.9. The van der Waals surface area contributed by atoms with Gasteiger partial charge in [-0.25, -0.2) is 0 Å². The Morgan fingerprint density at radius 1 is 0.875 bits per heavy atom. The zero-order chi connectivity index (χ0) is 11.6. The van der Waals surface area contributed by atoms with Crippen LogP contribution in [0.2, 0.25) is 0 Å². The van der Waals surface area contributed by atoms with E-state index in [4.69, 9.17) is 18.9 Å². The van der Waals surface area contributed by atoms with E-state index in [9.17, 15) is 0 Å². The van der Waals surface area contributed by atoms with Crippen molar-refractivity contribution in [1.82, 2.24) is 0 Å². The Morgan fingerprint density at radius 2 is 1.38 bits per heavy atom. The van der Waals surface area contributed by atoms with Crippen molar-refractivity contribution in [2.75, 3.05) is 26.8 Å². The number of hydrogen-bond donors (Lipinski definition) is 0. The van der Waals surface area contributed by atoms with E-state index in [0.29, 0.717) is 13.2 Å². The Labute approximate surface area is 96.1 Å². The van der Waals surface area contributed by atoms with Crippen molar-refractivity contribution in [1.29, 1.82) is 0 Å². The molecule has 0 bridgehead atoms. The van der Waals surface area contributed by atoms with Gasteiger partial charge >= 0.3 is 0 Å². The van der Waals surface area contributed by atoms with Crippen LogP contribution in [-0.2, 0) is 9.47 Å². The molecule has 0 unspecified atom stereocenters. The molecule has 0 heterocycles. The summed E-state index contributed by atoms with van der Waals surface area (Å²) in [5.41, 5.74) is 0. The molecule has 90 valence electrons. The number of benzene rings is 1. The van der Waals surface area contributed by atoms with Gasteiger partial charge in [-0.2, -0.15) is 0 Å². The van der Waals surface area contributed by atoms with Gasteiger partial charge in [0.2, 0.25) is 0 Å². The Bertz CT molecular complexity index is 263. The van der Waals surface area contributed by atoms with Crippen molar-refractivity contribution < 1.29 is 18.9 Å². The first-order valence-electron chi connectivity index (χ1n) is 5.38. The van der Waals surface area contributed by atoms with E-state index in [2.05, 4.69) is 0 Å². The summed E-state index contributed by atoms with van der Waals surface area (Å²) in [5, 5.41) is 0. The van der Waals surface area contributed by atoms with Crippen LogP contribution >= 0.6 is 0 Å². The number of ether oxygens (including phenoxy) is 4. The minimum Gasteiger partial charge on any atom is -0.467 e. The highest BCUT2D eigenvalue weighted by molar-refractivity contribution is 5.32. The molecule has 0 aliphatic carbocycles. The minimum absolute atomic E-state index is 0.255. The third-order valence-electron chi connectivity index (χ3n) is 1.83. The molecule has 0 amide bonds. The summed E-state index contributed by atoms with van der Waals surface area (Å²) in [4.78, 5) is 0. The van der Waals surface area contributed by atoms with Gasteiger partial charge < -0.3 is 18.9 Å². The van der Waals surface area contributed by atoms with Gasteiger partial charge in [0, 0.05) is 19.3 Å². The lowest BCUT2D eigenvalue weighted by molar-refractivity contribution is 0.0182. The van der Waals surface area contributed by atoms with Crippen molar-refractivity contribution in [3.8, 4) is 11.5 Å². The molecule has 0 saturated carbocycles. The molecule has 1 rings (SSSR count). The Balaban J connectivity index is 2.37. The van der Waals surface area contributed by atoms with E-state index >= 15 is 0 Å².